The van der Waals surface area contributed by atoms with Gasteiger partial charge >= 0.3 is 5.97 Å². The molecule has 0 aliphatic rings. The van der Waals surface area contributed by atoms with Crippen LogP contribution in [-0.4, -0.2) is 31.3 Å². The van der Waals surface area contributed by atoms with E-state index in [0.29, 0.717) is 11.4 Å². The highest BCUT2D eigenvalue weighted by Gasteiger charge is 2.14. The third kappa shape index (κ3) is 2.40. The summed E-state index contributed by atoms with van der Waals surface area (Å²) < 4.78 is 13.8. The lowest BCUT2D eigenvalue weighted by atomic mass is 10.2. The zero-order chi connectivity index (χ0) is 13.1. The molecule has 0 aliphatic heterocycles. The van der Waals surface area contributed by atoms with Gasteiger partial charge in [-0.2, -0.15) is 4.68 Å². The van der Waals surface area contributed by atoms with E-state index in [2.05, 4.69) is 15.5 Å². The van der Waals surface area contributed by atoms with E-state index in [1.165, 1.54) is 30.3 Å². The largest absolute Gasteiger partial charge is 0.477 e. The molecule has 1 heterocycles. The first-order valence-corrected chi connectivity index (χ1v) is 5.04. The predicted molar refractivity (Wildman–Crippen MR) is 60.8 cm³/mol. The summed E-state index contributed by atoms with van der Waals surface area (Å²) in [5.74, 6) is -1.21. The molecule has 1 N–H and O–H groups in total. The predicted octanol–water partition coefficient (Wildman–Crippen LogP) is 1.20. The maximum absolute atomic E-state index is 12.7. The molecule has 0 atom stereocenters. The van der Waals surface area contributed by atoms with Crippen LogP contribution in [0.1, 0.15) is 11.4 Å². The Hall–Kier alpha value is -2.57. The fourth-order valence-electron chi connectivity index (χ4n) is 1.38. The highest BCUT2D eigenvalue weighted by atomic mass is 19.1. The number of carbonyl (C=O) groups is 1. The van der Waals surface area contributed by atoms with Gasteiger partial charge in [0.1, 0.15) is 5.82 Å². The van der Waals surface area contributed by atoms with E-state index in [0.717, 1.165) is 4.68 Å². The van der Waals surface area contributed by atoms with Gasteiger partial charge in [0, 0.05) is 0 Å². The number of benzene rings is 1. The van der Waals surface area contributed by atoms with Crippen LogP contribution >= 0.6 is 0 Å². The van der Waals surface area contributed by atoms with Crippen molar-refractivity contribution in [2.45, 2.75) is 6.92 Å². The van der Waals surface area contributed by atoms with Crippen LogP contribution < -0.4 is 0 Å². The van der Waals surface area contributed by atoms with E-state index in [-0.39, 0.29) is 11.5 Å². The van der Waals surface area contributed by atoms with Gasteiger partial charge in [-0.15, -0.1) is 5.10 Å². The molecule has 0 saturated heterocycles. The molecule has 0 spiro atoms. The number of carboxylic acids is 1. The SMILES string of the molecule is Cc1nnnn1C(=Cc1ccc(F)cc1)C(=O)O. The Morgan fingerprint density at radius 3 is 2.56 bits per heavy atom. The van der Waals surface area contributed by atoms with Crippen LogP contribution in [0.2, 0.25) is 0 Å². The van der Waals surface area contributed by atoms with Crippen LogP contribution in [0.15, 0.2) is 24.3 Å². The van der Waals surface area contributed by atoms with Gasteiger partial charge in [-0.3, -0.25) is 0 Å². The Morgan fingerprint density at radius 1 is 1.39 bits per heavy atom. The summed E-state index contributed by atoms with van der Waals surface area (Å²) in [5, 5.41) is 19.7. The molecule has 0 bridgehead atoms. The lowest BCUT2D eigenvalue weighted by Gasteiger charge is -2.02. The second-order valence-electron chi connectivity index (χ2n) is 3.52. The molecule has 1 aromatic heterocycles. The smallest absolute Gasteiger partial charge is 0.354 e. The van der Waals surface area contributed by atoms with Gasteiger partial charge in [0.25, 0.3) is 0 Å². The maximum atomic E-state index is 12.7. The minimum Gasteiger partial charge on any atom is -0.477 e. The van der Waals surface area contributed by atoms with Crippen LogP contribution in [0.4, 0.5) is 4.39 Å². The molecule has 0 radical (unpaired) electrons. The summed E-state index contributed by atoms with van der Waals surface area (Å²) in [6, 6.07) is 5.44. The molecule has 0 unspecified atom stereocenters. The Balaban J connectivity index is 2.46. The van der Waals surface area contributed by atoms with Crippen molar-refractivity contribution in [3.63, 3.8) is 0 Å². The number of rotatable bonds is 3. The standard InChI is InChI=1S/C11H9FN4O2/c1-7-13-14-15-16(7)10(11(17)18)6-8-2-4-9(12)5-3-8/h2-6H,1H3,(H,17,18). The highest BCUT2D eigenvalue weighted by molar-refractivity contribution is 6.14. The van der Waals surface area contributed by atoms with Gasteiger partial charge in [0.15, 0.2) is 11.5 Å². The average molecular weight is 248 g/mol. The zero-order valence-electron chi connectivity index (χ0n) is 9.41. The fraction of sp³-hybridized carbons (Fsp3) is 0.0909. The van der Waals surface area contributed by atoms with E-state index < -0.39 is 5.97 Å². The van der Waals surface area contributed by atoms with Crippen LogP contribution in [0.3, 0.4) is 0 Å². The van der Waals surface area contributed by atoms with Crippen LogP contribution in [0.5, 0.6) is 0 Å². The molecule has 92 valence electrons. The van der Waals surface area contributed by atoms with Gasteiger partial charge in [-0.05, 0) is 41.1 Å². The summed E-state index contributed by atoms with van der Waals surface area (Å²) in [5.41, 5.74) is 0.438. The first kappa shape index (κ1) is 11.9. The maximum Gasteiger partial charge on any atom is 0.354 e. The Kier molecular flexibility index (Phi) is 3.13. The second kappa shape index (κ2) is 4.74. The quantitative estimate of drug-likeness (QED) is 0.825. The molecular formula is C11H9FN4O2. The molecule has 7 heteroatoms. The van der Waals surface area contributed by atoms with E-state index in [1.54, 1.807) is 6.92 Å². The number of nitrogens with zero attached hydrogens (tertiary/aromatic N) is 4. The van der Waals surface area contributed by atoms with E-state index in [1.807, 2.05) is 0 Å². The molecule has 18 heavy (non-hydrogen) atoms. The van der Waals surface area contributed by atoms with Crippen LogP contribution in [0, 0.1) is 12.7 Å². The molecule has 0 fully saturated rings. The van der Waals surface area contributed by atoms with Crippen molar-refractivity contribution in [3.8, 4) is 0 Å². The minimum atomic E-state index is -1.17. The molecule has 6 nitrogen and oxygen atoms in total. The van der Waals surface area contributed by atoms with Crippen molar-refractivity contribution in [1.29, 1.82) is 0 Å². The number of aromatic nitrogens is 4. The van der Waals surface area contributed by atoms with Crippen molar-refractivity contribution >= 4 is 17.7 Å². The van der Waals surface area contributed by atoms with Crippen molar-refractivity contribution in [3.05, 3.63) is 41.5 Å². The summed E-state index contributed by atoms with van der Waals surface area (Å²) in [6.45, 7) is 1.58. The number of carboxylic acid groups (broad SMARTS) is 1. The molecule has 2 rings (SSSR count). The number of tetrazole rings is 1. The Bertz CT molecular complexity index is 604. The molecule has 2 aromatic rings. The number of aliphatic carboxylic acids is 1. The second-order valence-corrected chi connectivity index (χ2v) is 3.52. The summed E-state index contributed by atoms with van der Waals surface area (Å²) >= 11 is 0. The lowest BCUT2D eigenvalue weighted by molar-refractivity contribution is -0.130. The number of halogens is 1. The molecule has 1 aromatic carbocycles. The normalized spacial score (nSPS) is 11.6. The monoisotopic (exact) mass is 248 g/mol. The molecule has 0 amide bonds. The summed E-state index contributed by atoms with van der Waals surface area (Å²) in [4.78, 5) is 11.2. The van der Waals surface area contributed by atoms with Gasteiger partial charge in [0.2, 0.25) is 0 Å². The lowest BCUT2D eigenvalue weighted by Crippen LogP contribution is -2.11. The van der Waals surface area contributed by atoms with Crippen molar-refractivity contribution in [2.75, 3.05) is 0 Å². The van der Waals surface area contributed by atoms with E-state index >= 15 is 0 Å². The average Bonchev–Trinajstić information content (AvgIpc) is 2.74. The minimum absolute atomic E-state index is 0.107. The van der Waals surface area contributed by atoms with Gasteiger partial charge < -0.3 is 5.11 Å². The van der Waals surface area contributed by atoms with Crippen molar-refractivity contribution < 1.29 is 14.3 Å². The first-order valence-electron chi connectivity index (χ1n) is 5.04. The third-order valence-corrected chi connectivity index (χ3v) is 2.25. The third-order valence-electron chi connectivity index (χ3n) is 2.25. The van der Waals surface area contributed by atoms with E-state index in [9.17, 15) is 9.18 Å². The Labute approximate surface area is 101 Å². The summed E-state index contributed by atoms with van der Waals surface area (Å²) in [6.07, 6.45) is 1.37. The van der Waals surface area contributed by atoms with Crippen molar-refractivity contribution in [2.24, 2.45) is 0 Å². The number of hydrogen-bond acceptors (Lipinski definition) is 4. The van der Waals surface area contributed by atoms with Gasteiger partial charge in [-0.25, -0.2) is 9.18 Å². The molecular weight excluding hydrogens is 239 g/mol. The topological polar surface area (TPSA) is 80.9 Å². The van der Waals surface area contributed by atoms with E-state index in [4.69, 9.17) is 5.11 Å². The molecule has 0 saturated carbocycles. The highest BCUT2D eigenvalue weighted by Crippen LogP contribution is 2.12. The number of aryl methyl sites for hydroxylation is 1. The van der Waals surface area contributed by atoms with Crippen LogP contribution in [0.25, 0.3) is 11.8 Å². The van der Waals surface area contributed by atoms with Crippen LogP contribution in [-0.2, 0) is 4.79 Å². The zero-order valence-corrected chi connectivity index (χ0v) is 9.41. The number of hydrogen-bond donors (Lipinski definition) is 1. The first-order chi connectivity index (χ1) is 8.58. The van der Waals surface area contributed by atoms with Crippen molar-refractivity contribution in [1.82, 2.24) is 20.2 Å². The van der Waals surface area contributed by atoms with Gasteiger partial charge in [-0.1, -0.05) is 12.1 Å². The summed E-state index contributed by atoms with van der Waals surface area (Å²) in [7, 11) is 0. The fourth-order valence-corrected chi connectivity index (χ4v) is 1.38. The molecule has 0 aliphatic carbocycles. The Morgan fingerprint density at radius 2 is 2.06 bits per heavy atom. The van der Waals surface area contributed by atoms with Gasteiger partial charge in [0.05, 0.1) is 0 Å².